The number of fused-ring (bicyclic) bond motifs is 24. The van der Waals surface area contributed by atoms with E-state index in [2.05, 4.69) is 429 Å². The van der Waals surface area contributed by atoms with Crippen LogP contribution in [0.2, 0.25) is 19.6 Å². The topological polar surface area (TPSA) is 53.5 Å². The summed E-state index contributed by atoms with van der Waals surface area (Å²) < 4.78 is 7.53. The van der Waals surface area contributed by atoms with E-state index in [0.29, 0.717) is 0 Å². The maximum Gasteiger partial charge on any atom is 0.0775 e. The summed E-state index contributed by atoms with van der Waals surface area (Å²) in [5.41, 5.74) is 33.8. The van der Waals surface area contributed by atoms with Crippen molar-refractivity contribution in [2.75, 3.05) is 0 Å². The second kappa shape index (κ2) is 26.7. The van der Waals surface area contributed by atoms with Crippen molar-refractivity contribution >= 4 is 176 Å². The molecule has 7 heteroatoms. The quantitative estimate of drug-likeness (QED) is 0.130. The molecule has 6 nitrogen and oxygen atoms in total. The molecule has 6 aromatic heterocycles. The number of hydrogen-bond donors (Lipinski definition) is 0. The van der Waals surface area contributed by atoms with E-state index < -0.39 is 8.07 Å². The first-order chi connectivity index (χ1) is 62.3. The summed E-state index contributed by atoms with van der Waals surface area (Å²) in [5, 5.41) is 33.1. The fraction of sp³-hybridized carbons (Fsp3) is 0.195. The second-order valence-electron chi connectivity index (χ2n) is 42.8. The average Bonchev–Trinajstić information content (AvgIpc) is 1.51. The summed E-state index contributed by atoms with van der Waals surface area (Å²) in [6.45, 7) is 43.8. The number of aromatic nitrogens is 6. The minimum absolute atomic E-state index is 0.0254. The molecule has 0 bridgehead atoms. The highest BCUT2D eigenvalue weighted by Gasteiger charge is 2.43. The van der Waals surface area contributed by atoms with Gasteiger partial charge >= 0.3 is 0 Å². The number of aryl methyl sites for hydroxylation is 4. The van der Waals surface area contributed by atoms with Crippen LogP contribution in [0.3, 0.4) is 0 Å². The Labute approximate surface area is 759 Å². The average molecular weight is 1690 g/mol. The number of hydrogen-bond acceptors (Lipinski definition) is 3. The lowest BCUT2D eigenvalue weighted by molar-refractivity contribution is 0.568. The van der Waals surface area contributed by atoms with Crippen molar-refractivity contribution in [3.8, 4) is 50.8 Å². The van der Waals surface area contributed by atoms with E-state index in [-0.39, 0.29) is 27.1 Å². The van der Waals surface area contributed by atoms with Crippen molar-refractivity contribution in [1.29, 1.82) is 0 Å². The Morgan fingerprint density at radius 2 is 0.569 bits per heavy atom. The SMILES string of the molecule is Cc1ccc2c(n1)-c1c(cc3ccc4cc5c6ccccc6n(-c6cc(C(C)(C)C)cc(C(C)(C)C)c6)c5c5ccc1c3c45)C2(C)C.Cc1ccc2c(n1)-c1c(cc3ccc4cc5c6ccccc6n(-c6ccc([Si](C)(C)C)cc6)c5c5ccc1c3c45)C2(C)C.Cc1ccc2c(n1)-c1c(cc3ccc4cc5c6ccccc6n(-c6ccccc6C)c5c5ccc1c3c45)C2(C)C. The van der Waals surface area contributed by atoms with Crippen LogP contribution in [0.15, 0.2) is 285 Å². The lowest BCUT2D eigenvalue weighted by Crippen LogP contribution is -2.37. The summed E-state index contributed by atoms with van der Waals surface area (Å²) in [7, 11) is -1.40. The van der Waals surface area contributed by atoms with Gasteiger partial charge in [-0.25, -0.2) is 0 Å². The van der Waals surface area contributed by atoms with Crippen molar-refractivity contribution in [3.63, 3.8) is 0 Å². The molecule has 0 fully saturated rings. The molecule has 630 valence electrons. The molecule has 0 spiro atoms. The van der Waals surface area contributed by atoms with Crippen LogP contribution in [0.25, 0.3) is 213 Å². The van der Waals surface area contributed by atoms with E-state index in [1.165, 1.54) is 251 Å². The monoisotopic (exact) mass is 1690 g/mol. The zero-order chi connectivity index (χ0) is 89.1. The predicted molar refractivity (Wildman–Crippen MR) is 559 cm³/mol. The van der Waals surface area contributed by atoms with E-state index in [0.717, 1.165) is 34.2 Å². The standard InChI is InChI=1S/C45H42N2.C40H34N2Si.C38H28N2/c1-25-14-19-35-41(46-25)40-32-17-18-33-39-26(15-16-27(38(32)39)21-36(40)45(35,8)9)20-34-31-12-10-11-13-37(31)47(42(33)34)30-23-28(43(2,3)4)22-29(24-30)44(5,6)7;1-23-11-20-32-38(41-23)37-29-18-19-30-36-24(12-13-25(35(29)36)22-33(37)40(32,2)3)21-31-28-9-7-8-10-34(28)42(39(30)31)26-14-16-27(17-15-26)43(4,5)6;1-21-9-5-7-11-31(21)40-32-12-8-6-10-25(32)28-19-23-14-15-24-20-30-35(26-16-17-27(37(28)40)34(23)33(24)26)36-29(38(30,3)4)18-13-22(2)39-36/h10-24H,1-9H3;7-22H,1-6H3;5-20H,1-4H3. The third kappa shape index (κ3) is 10.8. The Kier molecular flexibility index (Phi) is 16.1. The summed E-state index contributed by atoms with van der Waals surface area (Å²) >= 11 is 0. The molecule has 0 saturated carbocycles. The zero-order valence-corrected chi connectivity index (χ0v) is 78.8. The molecule has 130 heavy (non-hydrogen) atoms. The summed E-state index contributed by atoms with van der Waals surface area (Å²) in [5.74, 6) is 0. The summed E-state index contributed by atoms with van der Waals surface area (Å²) in [4.78, 5) is 15.4. The molecule has 0 unspecified atom stereocenters. The van der Waals surface area contributed by atoms with Gasteiger partial charge in [0, 0.05) is 116 Å². The number of nitrogens with zero attached hydrogens (tertiary/aromatic N) is 6. The zero-order valence-electron chi connectivity index (χ0n) is 77.8. The van der Waals surface area contributed by atoms with Gasteiger partial charge in [-0.3, -0.25) is 15.0 Å². The normalized spacial score (nSPS) is 14.5. The van der Waals surface area contributed by atoms with E-state index in [1.807, 2.05) is 0 Å². The fourth-order valence-electron chi connectivity index (χ4n) is 24.0. The Morgan fingerprint density at radius 3 is 0.923 bits per heavy atom. The molecule has 3 aliphatic carbocycles. The van der Waals surface area contributed by atoms with Crippen LogP contribution in [0.4, 0.5) is 0 Å². The van der Waals surface area contributed by atoms with Crippen LogP contribution in [0.5, 0.6) is 0 Å². The van der Waals surface area contributed by atoms with Crippen molar-refractivity contribution in [1.82, 2.24) is 28.7 Å². The minimum Gasteiger partial charge on any atom is -0.309 e. The van der Waals surface area contributed by atoms with Crippen LogP contribution in [0.1, 0.15) is 150 Å². The van der Waals surface area contributed by atoms with Crippen molar-refractivity contribution in [3.05, 3.63) is 352 Å². The Morgan fingerprint density at radius 1 is 0.262 bits per heavy atom. The fourth-order valence-corrected chi connectivity index (χ4v) is 25.1. The van der Waals surface area contributed by atoms with Crippen LogP contribution in [-0.4, -0.2) is 36.7 Å². The maximum atomic E-state index is 5.16. The third-order valence-electron chi connectivity index (χ3n) is 30.7. The molecular weight excluding hydrogens is 1590 g/mol. The molecule has 6 heterocycles. The van der Waals surface area contributed by atoms with Gasteiger partial charge < -0.3 is 13.7 Å². The Hall–Kier alpha value is -13.9. The highest BCUT2D eigenvalue weighted by molar-refractivity contribution is 6.88. The second-order valence-corrected chi connectivity index (χ2v) is 47.9. The first-order valence-corrected chi connectivity index (χ1v) is 50.1. The Bertz CT molecular complexity index is 9070. The van der Waals surface area contributed by atoms with Gasteiger partial charge in [-0.15, -0.1) is 0 Å². The van der Waals surface area contributed by atoms with Crippen molar-refractivity contribution in [2.45, 2.75) is 157 Å². The molecule has 18 aromatic carbocycles. The lowest BCUT2D eigenvalue weighted by atomic mass is 9.80. The molecule has 0 radical (unpaired) electrons. The van der Waals surface area contributed by atoms with Crippen LogP contribution in [-0.2, 0) is 27.1 Å². The predicted octanol–water partition coefficient (Wildman–Crippen LogP) is 32.5. The molecule has 3 aliphatic rings. The highest BCUT2D eigenvalue weighted by atomic mass is 28.3. The molecule has 0 aliphatic heterocycles. The van der Waals surface area contributed by atoms with Gasteiger partial charge in [-0.1, -0.05) is 290 Å². The van der Waals surface area contributed by atoms with E-state index in [4.69, 9.17) is 15.0 Å². The van der Waals surface area contributed by atoms with Gasteiger partial charge in [0.25, 0.3) is 0 Å². The van der Waals surface area contributed by atoms with Crippen molar-refractivity contribution < 1.29 is 0 Å². The number of para-hydroxylation sites is 4. The summed E-state index contributed by atoms with van der Waals surface area (Å²) in [6, 6.07) is 108. The molecule has 0 N–H and O–H groups in total. The van der Waals surface area contributed by atoms with E-state index in [9.17, 15) is 0 Å². The molecular formula is C123H104N6Si. The largest absolute Gasteiger partial charge is 0.309 e. The first kappa shape index (κ1) is 78.4. The summed E-state index contributed by atoms with van der Waals surface area (Å²) in [6.07, 6.45) is 0. The molecule has 0 amide bonds. The van der Waals surface area contributed by atoms with Crippen LogP contribution >= 0.6 is 0 Å². The molecule has 0 saturated heterocycles. The first-order valence-electron chi connectivity index (χ1n) is 46.6. The van der Waals surface area contributed by atoms with Gasteiger partial charge in [-0.2, -0.15) is 0 Å². The van der Waals surface area contributed by atoms with E-state index in [1.54, 1.807) is 0 Å². The Balaban J connectivity index is 0.000000106. The van der Waals surface area contributed by atoms with Crippen molar-refractivity contribution in [2.24, 2.45) is 0 Å². The number of rotatable bonds is 4. The van der Waals surface area contributed by atoms with Crippen LogP contribution < -0.4 is 5.19 Å². The van der Waals surface area contributed by atoms with Gasteiger partial charge in [0.1, 0.15) is 0 Å². The lowest BCUT2D eigenvalue weighted by Gasteiger charge is -2.27. The number of pyridine rings is 3. The molecule has 27 rings (SSSR count). The van der Waals surface area contributed by atoms with Crippen LogP contribution in [0, 0.1) is 27.7 Å². The van der Waals surface area contributed by atoms with E-state index >= 15 is 0 Å². The maximum absolute atomic E-state index is 5.16. The van der Waals surface area contributed by atoms with Gasteiger partial charge in [0.2, 0.25) is 0 Å². The molecule has 24 aromatic rings. The number of benzene rings is 18. The van der Waals surface area contributed by atoms with Gasteiger partial charge in [-0.05, 0) is 273 Å². The smallest absolute Gasteiger partial charge is 0.0775 e. The highest BCUT2D eigenvalue weighted by Crippen LogP contribution is 2.59. The minimum atomic E-state index is -1.40. The van der Waals surface area contributed by atoms with Gasteiger partial charge in [0.05, 0.1) is 58.3 Å². The third-order valence-corrected chi connectivity index (χ3v) is 32.8. The van der Waals surface area contributed by atoms with Gasteiger partial charge in [0.15, 0.2) is 0 Å². The molecule has 0 atom stereocenters.